The van der Waals surface area contributed by atoms with E-state index >= 15 is 0 Å². The fourth-order valence-electron chi connectivity index (χ4n) is 9.18. The number of rotatable bonds is 20. The van der Waals surface area contributed by atoms with E-state index in [0.29, 0.717) is 66.9 Å². The highest BCUT2D eigenvalue weighted by Gasteiger charge is 2.42. The molecule has 3 fully saturated rings. The molecule has 1 aromatic heterocycles. The van der Waals surface area contributed by atoms with Crippen LogP contribution >= 0.6 is 0 Å². The molecule has 12 nitrogen and oxygen atoms in total. The minimum atomic E-state index is -0.855. The molecule has 3 unspecified atom stereocenters. The number of phenolic OH excluding ortho intramolecular Hbond substituents is 1. The highest BCUT2D eigenvalue weighted by molar-refractivity contribution is 5.91. The summed E-state index contributed by atoms with van der Waals surface area (Å²) >= 11 is 0. The number of aromatic hydroxyl groups is 1. The molecule has 2 saturated carbocycles. The summed E-state index contributed by atoms with van der Waals surface area (Å²) in [5.74, 6) is 1.70. The van der Waals surface area contributed by atoms with E-state index in [1.54, 1.807) is 12.1 Å². The number of phenols is 1. The number of fused-ring (bicyclic) bond motifs is 2. The molecule has 62 heavy (non-hydrogen) atoms. The number of ether oxygens (including phenoxy) is 2. The van der Waals surface area contributed by atoms with Crippen molar-refractivity contribution >= 4 is 28.6 Å². The maximum Gasteiger partial charge on any atom is 0.411 e. The van der Waals surface area contributed by atoms with E-state index in [4.69, 9.17) is 9.47 Å². The van der Waals surface area contributed by atoms with E-state index in [1.165, 1.54) is 23.3 Å². The first kappa shape index (κ1) is 43.1. The monoisotopic (exact) mass is 841 g/mol. The third-order valence-electron chi connectivity index (χ3n) is 12.7. The zero-order valence-corrected chi connectivity index (χ0v) is 35.3. The van der Waals surface area contributed by atoms with Crippen LogP contribution in [0.3, 0.4) is 0 Å². The summed E-state index contributed by atoms with van der Waals surface area (Å²) in [6, 6.07) is 32.8. The van der Waals surface area contributed by atoms with Gasteiger partial charge in [0.1, 0.15) is 11.9 Å². The molecular formula is C50H59N5O7. The molecule has 1 saturated heterocycles. The topological polar surface area (TPSA) is 156 Å². The number of carbonyl (C=O) groups is 2. The first-order chi connectivity index (χ1) is 30.3. The van der Waals surface area contributed by atoms with E-state index in [2.05, 4.69) is 44.8 Å². The lowest BCUT2D eigenvalue weighted by molar-refractivity contribution is -0.132. The van der Waals surface area contributed by atoms with Crippen LogP contribution in [-0.2, 0) is 27.1 Å². The zero-order valence-electron chi connectivity index (χ0n) is 35.3. The summed E-state index contributed by atoms with van der Waals surface area (Å²) in [5, 5.41) is 27.9. The maximum atomic E-state index is 13.2. The fourth-order valence-corrected chi connectivity index (χ4v) is 9.18. The van der Waals surface area contributed by atoms with E-state index in [0.717, 1.165) is 81.5 Å². The number of nitrogens with zero attached hydrogens (tertiary/aromatic N) is 2. The van der Waals surface area contributed by atoms with Gasteiger partial charge in [-0.15, -0.1) is 0 Å². The van der Waals surface area contributed by atoms with Gasteiger partial charge >= 0.3 is 6.09 Å². The minimum Gasteiger partial charge on any atom is -0.506 e. The molecule has 326 valence electrons. The predicted octanol–water partition coefficient (Wildman–Crippen LogP) is 6.91. The number of aliphatic hydroxyl groups excluding tert-OH is 1. The van der Waals surface area contributed by atoms with Gasteiger partial charge < -0.3 is 39.8 Å². The largest absolute Gasteiger partial charge is 0.506 e. The molecule has 3 atom stereocenters. The lowest BCUT2D eigenvalue weighted by Crippen LogP contribution is -2.39. The summed E-state index contributed by atoms with van der Waals surface area (Å²) < 4.78 is 11.8. The van der Waals surface area contributed by atoms with Gasteiger partial charge in [0.2, 0.25) is 11.5 Å². The molecule has 0 radical (unpaired) electrons. The second kappa shape index (κ2) is 20.6. The summed E-state index contributed by atoms with van der Waals surface area (Å²) in [5.41, 5.74) is 5.90. The SMILES string of the molecule is O=C(Nc1ccccc1-c1ccccc1)OC1CC2CN(CCc3ccc(CCOCCC(=O)N(CCNCC(O)c4ccc(O)c5[nH]c(=O)ccc45)CC4CC4)cc3)CC2C1. The molecule has 0 bridgehead atoms. The lowest BCUT2D eigenvalue weighted by Gasteiger charge is -2.23. The minimum absolute atomic E-state index is 0.0454. The van der Waals surface area contributed by atoms with Crippen LogP contribution in [0.2, 0.25) is 0 Å². The smallest absolute Gasteiger partial charge is 0.411 e. The number of carbonyl (C=O) groups excluding carboxylic acids is 2. The quantitative estimate of drug-likeness (QED) is 0.0526. The summed E-state index contributed by atoms with van der Waals surface area (Å²) in [7, 11) is 0. The number of anilines is 1. The molecule has 2 aliphatic carbocycles. The number of amides is 2. The van der Waals surface area contributed by atoms with Crippen LogP contribution in [0.4, 0.5) is 10.5 Å². The first-order valence-electron chi connectivity index (χ1n) is 22.3. The number of hydrogen-bond acceptors (Lipinski definition) is 9. The van der Waals surface area contributed by atoms with Crippen LogP contribution in [0.25, 0.3) is 22.0 Å². The van der Waals surface area contributed by atoms with E-state index in [9.17, 15) is 24.6 Å². The first-order valence-corrected chi connectivity index (χ1v) is 22.3. The van der Waals surface area contributed by atoms with Gasteiger partial charge in [-0.25, -0.2) is 4.79 Å². The highest BCUT2D eigenvalue weighted by Crippen LogP contribution is 2.40. The Labute approximate surface area is 363 Å². The average molecular weight is 842 g/mol. The molecule has 2 amide bonds. The number of likely N-dealkylation sites (tertiary alicyclic amines) is 1. The molecule has 8 rings (SSSR count). The van der Waals surface area contributed by atoms with Gasteiger partial charge in [-0.3, -0.25) is 14.9 Å². The van der Waals surface area contributed by atoms with Crippen molar-refractivity contribution < 1.29 is 29.3 Å². The Morgan fingerprint density at radius 3 is 2.34 bits per heavy atom. The number of benzene rings is 4. The second-order valence-corrected chi connectivity index (χ2v) is 17.3. The number of para-hydroxylation sites is 1. The van der Waals surface area contributed by atoms with Gasteiger partial charge in [0.25, 0.3) is 0 Å². The molecule has 0 spiro atoms. The third-order valence-corrected chi connectivity index (χ3v) is 12.7. The number of aliphatic hydroxyl groups is 1. The van der Waals surface area contributed by atoms with Crippen LogP contribution in [-0.4, -0.2) is 102 Å². The molecular weight excluding hydrogens is 783 g/mol. The Bertz CT molecular complexity index is 2320. The van der Waals surface area contributed by atoms with Gasteiger partial charge in [0, 0.05) is 62.8 Å². The molecule has 3 aliphatic rings. The molecule has 12 heteroatoms. The van der Waals surface area contributed by atoms with E-state index in [1.807, 2.05) is 59.5 Å². The van der Waals surface area contributed by atoms with Crippen LogP contribution < -0.4 is 16.2 Å². The molecule has 4 aromatic carbocycles. The van der Waals surface area contributed by atoms with Crippen LogP contribution in [0.1, 0.15) is 54.9 Å². The number of aromatic amines is 1. The van der Waals surface area contributed by atoms with Crippen molar-refractivity contribution in [2.45, 2.75) is 57.2 Å². The van der Waals surface area contributed by atoms with Crippen LogP contribution in [0, 0.1) is 17.8 Å². The van der Waals surface area contributed by atoms with Gasteiger partial charge in [-0.2, -0.15) is 0 Å². The second-order valence-electron chi connectivity index (χ2n) is 17.3. The normalized spacial score (nSPS) is 19.0. The lowest BCUT2D eigenvalue weighted by atomic mass is 10.0. The number of pyridine rings is 1. The molecule has 5 N–H and O–H groups in total. The Kier molecular flexibility index (Phi) is 14.3. The summed E-state index contributed by atoms with van der Waals surface area (Å²) in [6.07, 6.45) is 4.94. The van der Waals surface area contributed by atoms with Crippen molar-refractivity contribution in [1.29, 1.82) is 0 Å². The van der Waals surface area contributed by atoms with Crippen molar-refractivity contribution in [3.63, 3.8) is 0 Å². The Morgan fingerprint density at radius 2 is 1.58 bits per heavy atom. The van der Waals surface area contributed by atoms with Crippen LogP contribution in [0.5, 0.6) is 5.75 Å². The molecule has 5 aromatic rings. The molecule has 2 heterocycles. The maximum absolute atomic E-state index is 13.2. The zero-order chi connectivity index (χ0) is 42.8. The standard InChI is InChI=1S/C50H59N5O7/c56-45-18-16-42(43-17-19-47(58)53-49(43)45)46(57)30-51-23-25-55(31-36-14-15-36)48(59)22-27-61-26-21-35-12-10-34(11-13-35)20-24-54-32-38-28-40(29-39(38)33-54)62-50(60)52-44-9-5-4-8-41(44)37-6-2-1-3-7-37/h1-13,16-19,36,38-40,46,51,56-57H,14-15,20-33H2,(H,52,60)(H,53,58). The van der Waals surface area contributed by atoms with Gasteiger partial charge in [0.05, 0.1) is 36.9 Å². The number of aromatic nitrogens is 1. The van der Waals surface area contributed by atoms with Gasteiger partial charge in [-0.1, -0.05) is 78.9 Å². The Hall–Kier alpha value is -5.53. The number of hydrogen-bond donors (Lipinski definition) is 5. The third kappa shape index (κ3) is 11.5. The van der Waals surface area contributed by atoms with E-state index in [-0.39, 0.29) is 36.0 Å². The van der Waals surface area contributed by atoms with Gasteiger partial charge in [0.15, 0.2) is 0 Å². The Balaban J connectivity index is 0.692. The summed E-state index contributed by atoms with van der Waals surface area (Å²) in [6.45, 7) is 6.12. The van der Waals surface area contributed by atoms with Crippen molar-refractivity contribution in [1.82, 2.24) is 20.1 Å². The fraction of sp³-hybridized carbons (Fsp3) is 0.420. The highest BCUT2D eigenvalue weighted by atomic mass is 16.6. The van der Waals surface area contributed by atoms with Crippen molar-refractivity contribution in [2.75, 3.05) is 64.3 Å². The van der Waals surface area contributed by atoms with E-state index < -0.39 is 6.10 Å². The Morgan fingerprint density at radius 1 is 0.855 bits per heavy atom. The van der Waals surface area contributed by atoms with Crippen LogP contribution in [0.15, 0.2) is 108 Å². The van der Waals surface area contributed by atoms with Gasteiger partial charge in [-0.05, 0) is 96.7 Å². The predicted molar refractivity (Wildman–Crippen MR) is 241 cm³/mol. The molecule has 1 aliphatic heterocycles. The average Bonchev–Trinajstić information content (AvgIpc) is 3.92. The summed E-state index contributed by atoms with van der Waals surface area (Å²) in [4.78, 5) is 45.0. The number of nitrogens with one attached hydrogen (secondary N) is 3. The van der Waals surface area contributed by atoms with Crippen molar-refractivity contribution in [3.8, 4) is 16.9 Å². The number of H-pyrrole nitrogens is 1. The van der Waals surface area contributed by atoms with Crippen molar-refractivity contribution in [3.05, 3.63) is 130 Å². The van der Waals surface area contributed by atoms with Crippen molar-refractivity contribution in [2.24, 2.45) is 17.8 Å².